The standard InChI is InChI=1S/C12H14N2O3/c1-16-9-3-4-10(17-2)11-8(9)5-7(6-13)12(15)14-11/h3-5H,6,13H2,1-2H3,(H,14,15). The van der Waals surface area contributed by atoms with Gasteiger partial charge in [0.05, 0.1) is 19.7 Å². The summed E-state index contributed by atoms with van der Waals surface area (Å²) in [6.07, 6.45) is 0. The van der Waals surface area contributed by atoms with Gasteiger partial charge in [-0.25, -0.2) is 0 Å². The van der Waals surface area contributed by atoms with Crippen molar-refractivity contribution in [1.82, 2.24) is 4.98 Å². The fraction of sp³-hybridized carbons (Fsp3) is 0.250. The molecule has 5 heteroatoms. The number of rotatable bonds is 3. The minimum atomic E-state index is -0.202. The second-order valence-corrected chi connectivity index (χ2v) is 3.59. The molecule has 0 aliphatic heterocycles. The SMILES string of the molecule is COc1ccc(OC)c2[nH]c(=O)c(CN)cc12. The minimum Gasteiger partial charge on any atom is -0.496 e. The summed E-state index contributed by atoms with van der Waals surface area (Å²) in [5, 5.41) is 0.784. The van der Waals surface area contributed by atoms with Crippen LogP contribution in [-0.4, -0.2) is 19.2 Å². The molecule has 1 aromatic carbocycles. The van der Waals surface area contributed by atoms with Crippen LogP contribution < -0.4 is 20.8 Å². The summed E-state index contributed by atoms with van der Waals surface area (Å²) in [7, 11) is 3.13. The molecule has 0 atom stereocenters. The molecule has 1 aromatic heterocycles. The minimum absolute atomic E-state index is 0.186. The number of aromatic nitrogens is 1. The van der Waals surface area contributed by atoms with Crippen molar-refractivity contribution < 1.29 is 9.47 Å². The summed E-state index contributed by atoms with van der Waals surface area (Å²) in [5.41, 5.74) is 6.45. The predicted molar refractivity (Wildman–Crippen MR) is 65.6 cm³/mol. The first kappa shape index (κ1) is 11.5. The third-order valence-electron chi connectivity index (χ3n) is 2.68. The van der Waals surface area contributed by atoms with Crippen molar-refractivity contribution in [3.63, 3.8) is 0 Å². The van der Waals surface area contributed by atoms with Crippen LogP contribution in [0.5, 0.6) is 11.5 Å². The van der Waals surface area contributed by atoms with Crippen molar-refractivity contribution >= 4 is 10.9 Å². The number of methoxy groups -OCH3 is 2. The molecule has 90 valence electrons. The lowest BCUT2D eigenvalue weighted by atomic mass is 10.1. The zero-order valence-corrected chi connectivity index (χ0v) is 9.74. The lowest BCUT2D eigenvalue weighted by molar-refractivity contribution is 0.409. The molecule has 0 aliphatic rings. The fourth-order valence-corrected chi connectivity index (χ4v) is 1.79. The zero-order chi connectivity index (χ0) is 12.4. The van der Waals surface area contributed by atoms with Crippen molar-refractivity contribution in [2.45, 2.75) is 6.54 Å². The van der Waals surface area contributed by atoms with Gasteiger partial charge in [0.15, 0.2) is 0 Å². The lowest BCUT2D eigenvalue weighted by Crippen LogP contribution is -2.16. The summed E-state index contributed by atoms with van der Waals surface area (Å²) in [5.74, 6) is 1.27. The number of pyridine rings is 1. The Morgan fingerprint density at radius 3 is 2.47 bits per heavy atom. The Hall–Kier alpha value is -2.01. The van der Waals surface area contributed by atoms with E-state index >= 15 is 0 Å². The average molecular weight is 234 g/mol. The van der Waals surface area contributed by atoms with Gasteiger partial charge >= 0.3 is 0 Å². The quantitative estimate of drug-likeness (QED) is 0.830. The van der Waals surface area contributed by atoms with Gasteiger partial charge in [-0.15, -0.1) is 0 Å². The third-order valence-corrected chi connectivity index (χ3v) is 2.68. The molecular weight excluding hydrogens is 220 g/mol. The number of hydrogen-bond acceptors (Lipinski definition) is 4. The lowest BCUT2D eigenvalue weighted by Gasteiger charge is -2.10. The highest BCUT2D eigenvalue weighted by Gasteiger charge is 2.10. The first-order valence-electron chi connectivity index (χ1n) is 5.18. The normalized spacial score (nSPS) is 10.5. The molecule has 5 nitrogen and oxygen atoms in total. The molecule has 17 heavy (non-hydrogen) atoms. The number of ether oxygens (including phenoxy) is 2. The van der Waals surface area contributed by atoms with Gasteiger partial charge in [0.2, 0.25) is 0 Å². The van der Waals surface area contributed by atoms with Crippen LogP contribution in [-0.2, 0) is 6.54 Å². The van der Waals surface area contributed by atoms with Gasteiger partial charge in [-0.1, -0.05) is 0 Å². The highest BCUT2D eigenvalue weighted by atomic mass is 16.5. The molecule has 0 bridgehead atoms. The summed E-state index contributed by atoms with van der Waals surface area (Å²) < 4.78 is 10.4. The number of aromatic amines is 1. The Kier molecular flexibility index (Phi) is 3.01. The van der Waals surface area contributed by atoms with Crippen molar-refractivity contribution in [2.24, 2.45) is 5.73 Å². The van der Waals surface area contributed by atoms with Gasteiger partial charge in [0, 0.05) is 17.5 Å². The maximum Gasteiger partial charge on any atom is 0.253 e. The molecule has 0 amide bonds. The Morgan fingerprint density at radius 2 is 1.88 bits per heavy atom. The third kappa shape index (κ3) is 1.85. The van der Waals surface area contributed by atoms with Crippen LogP contribution in [0.4, 0.5) is 0 Å². The molecule has 1 heterocycles. The van der Waals surface area contributed by atoms with E-state index in [0.717, 1.165) is 5.39 Å². The first-order valence-corrected chi connectivity index (χ1v) is 5.18. The van der Waals surface area contributed by atoms with Crippen LogP contribution in [0, 0.1) is 0 Å². The molecular formula is C12H14N2O3. The van der Waals surface area contributed by atoms with Crippen molar-refractivity contribution in [1.29, 1.82) is 0 Å². The number of nitrogens with two attached hydrogens (primary N) is 1. The van der Waals surface area contributed by atoms with Gasteiger partial charge < -0.3 is 20.2 Å². The van der Waals surface area contributed by atoms with Gasteiger partial charge in [0.1, 0.15) is 11.5 Å². The molecule has 0 spiro atoms. The van der Waals surface area contributed by atoms with Gasteiger partial charge in [-0.2, -0.15) is 0 Å². The van der Waals surface area contributed by atoms with Gasteiger partial charge in [0.25, 0.3) is 5.56 Å². The van der Waals surface area contributed by atoms with Crippen LogP contribution in [0.2, 0.25) is 0 Å². The molecule has 0 saturated heterocycles. The van der Waals surface area contributed by atoms with E-state index < -0.39 is 0 Å². The number of fused-ring (bicyclic) bond motifs is 1. The number of H-pyrrole nitrogens is 1. The summed E-state index contributed by atoms with van der Waals surface area (Å²) >= 11 is 0. The maximum absolute atomic E-state index is 11.7. The Balaban J connectivity index is 2.86. The highest BCUT2D eigenvalue weighted by Crippen LogP contribution is 2.30. The molecule has 0 unspecified atom stereocenters. The van der Waals surface area contributed by atoms with E-state index in [1.165, 1.54) is 0 Å². The van der Waals surface area contributed by atoms with E-state index in [-0.39, 0.29) is 12.1 Å². The fourth-order valence-electron chi connectivity index (χ4n) is 1.79. The predicted octanol–water partition coefficient (Wildman–Crippen LogP) is 1.00. The van der Waals surface area contributed by atoms with Crippen molar-refractivity contribution in [3.8, 4) is 11.5 Å². The van der Waals surface area contributed by atoms with E-state index in [9.17, 15) is 4.79 Å². The van der Waals surface area contributed by atoms with Crippen molar-refractivity contribution in [3.05, 3.63) is 34.1 Å². The van der Waals surface area contributed by atoms with Crippen LogP contribution in [0.15, 0.2) is 23.0 Å². The zero-order valence-electron chi connectivity index (χ0n) is 9.74. The molecule has 0 radical (unpaired) electrons. The second kappa shape index (κ2) is 4.47. The topological polar surface area (TPSA) is 77.3 Å². The average Bonchev–Trinajstić information content (AvgIpc) is 2.36. The van der Waals surface area contributed by atoms with E-state index in [1.807, 2.05) is 0 Å². The first-order chi connectivity index (χ1) is 8.21. The number of hydrogen-bond donors (Lipinski definition) is 2. The summed E-state index contributed by atoms with van der Waals surface area (Å²) in [4.78, 5) is 14.5. The Labute approximate surface area is 98.2 Å². The van der Waals surface area contributed by atoms with Crippen molar-refractivity contribution in [2.75, 3.05) is 14.2 Å². The van der Waals surface area contributed by atoms with Gasteiger partial charge in [-0.3, -0.25) is 4.79 Å². The van der Waals surface area contributed by atoms with E-state index in [2.05, 4.69) is 4.98 Å². The summed E-state index contributed by atoms with van der Waals surface area (Å²) in [6.45, 7) is 0.186. The second-order valence-electron chi connectivity index (χ2n) is 3.59. The molecule has 0 saturated carbocycles. The monoisotopic (exact) mass is 234 g/mol. The molecule has 3 N–H and O–H groups in total. The van der Waals surface area contributed by atoms with Crippen LogP contribution in [0.25, 0.3) is 10.9 Å². The number of benzene rings is 1. The largest absolute Gasteiger partial charge is 0.496 e. The molecule has 2 aromatic rings. The van der Waals surface area contributed by atoms with E-state index in [0.29, 0.717) is 22.6 Å². The molecule has 0 aliphatic carbocycles. The maximum atomic E-state index is 11.7. The van der Waals surface area contributed by atoms with E-state index in [1.54, 1.807) is 32.4 Å². The van der Waals surface area contributed by atoms with Crippen LogP contribution in [0.1, 0.15) is 5.56 Å². The van der Waals surface area contributed by atoms with Crippen LogP contribution in [0.3, 0.4) is 0 Å². The Morgan fingerprint density at radius 1 is 1.24 bits per heavy atom. The summed E-state index contributed by atoms with van der Waals surface area (Å²) in [6, 6.07) is 5.27. The molecule has 0 fully saturated rings. The number of nitrogens with one attached hydrogen (secondary N) is 1. The highest BCUT2D eigenvalue weighted by molar-refractivity contribution is 5.90. The Bertz CT molecular complexity index is 604. The molecule has 2 rings (SSSR count). The van der Waals surface area contributed by atoms with Crippen LogP contribution >= 0.6 is 0 Å². The smallest absolute Gasteiger partial charge is 0.253 e. The van der Waals surface area contributed by atoms with Gasteiger partial charge in [-0.05, 0) is 18.2 Å². The van der Waals surface area contributed by atoms with E-state index in [4.69, 9.17) is 15.2 Å².